The van der Waals surface area contributed by atoms with E-state index in [2.05, 4.69) is 51.8 Å². The van der Waals surface area contributed by atoms with Crippen LogP contribution in [0.4, 0.5) is 11.8 Å². The Morgan fingerprint density at radius 1 is 0.893 bits per heavy atom. The molecule has 1 aromatic heterocycles. The molecule has 0 bridgehead atoms. The van der Waals surface area contributed by atoms with Crippen LogP contribution in [0.3, 0.4) is 0 Å². The van der Waals surface area contributed by atoms with E-state index in [-0.39, 0.29) is 0 Å². The maximum Gasteiger partial charge on any atom is 0.224 e. The van der Waals surface area contributed by atoms with Crippen molar-refractivity contribution in [2.24, 2.45) is 0 Å². The van der Waals surface area contributed by atoms with Crippen LogP contribution in [0.15, 0.2) is 54.6 Å². The number of hydrogen-bond donors (Lipinski definition) is 2. The van der Waals surface area contributed by atoms with Crippen LogP contribution in [0.1, 0.15) is 16.8 Å². The van der Waals surface area contributed by atoms with Gasteiger partial charge in [0, 0.05) is 18.3 Å². The predicted octanol–water partition coefficient (Wildman–Crippen LogP) is 4.21. The summed E-state index contributed by atoms with van der Waals surface area (Å²) < 4.78 is 10.9. The number of rotatable bonds is 9. The summed E-state index contributed by atoms with van der Waals surface area (Å²) in [5.74, 6) is 3.00. The van der Waals surface area contributed by atoms with E-state index < -0.39 is 0 Å². The molecule has 0 saturated heterocycles. The number of ether oxygens (including phenoxy) is 2. The van der Waals surface area contributed by atoms with Gasteiger partial charge in [-0.2, -0.15) is 4.98 Å². The Kier molecular flexibility index (Phi) is 6.68. The number of aromatic nitrogens is 2. The molecular formula is C22H26N4O2. The molecule has 2 aromatic carbocycles. The van der Waals surface area contributed by atoms with E-state index >= 15 is 0 Å². The highest BCUT2D eigenvalue weighted by atomic mass is 16.5. The van der Waals surface area contributed by atoms with Crippen molar-refractivity contribution >= 4 is 11.8 Å². The van der Waals surface area contributed by atoms with Crippen LogP contribution in [0.25, 0.3) is 0 Å². The molecule has 0 aliphatic carbocycles. The van der Waals surface area contributed by atoms with Crippen molar-refractivity contribution in [1.29, 1.82) is 0 Å². The van der Waals surface area contributed by atoms with Gasteiger partial charge in [-0.1, -0.05) is 29.8 Å². The SMILES string of the molecule is COc1ccc(OCCNc2nc(C)cc(NCc3cccc(C)c3)n2)cc1. The van der Waals surface area contributed by atoms with Crippen LogP contribution in [-0.2, 0) is 6.54 Å². The second-order valence-corrected chi connectivity index (χ2v) is 6.51. The van der Waals surface area contributed by atoms with E-state index in [1.807, 2.05) is 37.3 Å². The molecule has 3 aromatic rings. The summed E-state index contributed by atoms with van der Waals surface area (Å²) in [7, 11) is 1.64. The van der Waals surface area contributed by atoms with E-state index in [1.54, 1.807) is 7.11 Å². The van der Waals surface area contributed by atoms with E-state index in [1.165, 1.54) is 11.1 Å². The molecule has 0 amide bonds. The topological polar surface area (TPSA) is 68.3 Å². The van der Waals surface area contributed by atoms with Crippen molar-refractivity contribution in [3.63, 3.8) is 0 Å². The van der Waals surface area contributed by atoms with Crippen LogP contribution >= 0.6 is 0 Å². The van der Waals surface area contributed by atoms with Crippen molar-refractivity contribution in [2.75, 3.05) is 30.9 Å². The molecule has 0 saturated carbocycles. The molecule has 0 spiro atoms. The highest BCUT2D eigenvalue weighted by Crippen LogP contribution is 2.17. The third-order valence-electron chi connectivity index (χ3n) is 4.12. The molecule has 1 heterocycles. The number of nitrogens with zero attached hydrogens (tertiary/aromatic N) is 2. The van der Waals surface area contributed by atoms with Gasteiger partial charge in [-0.15, -0.1) is 0 Å². The van der Waals surface area contributed by atoms with Crippen molar-refractivity contribution in [2.45, 2.75) is 20.4 Å². The third-order valence-corrected chi connectivity index (χ3v) is 4.12. The maximum atomic E-state index is 5.71. The van der Waals surface area contributed by atoms with Gasteiger partial charge in [-0.25, -0.2) is 4.98 Å². The van der Waals surface area contributed by atoms with Gasteiger partial charge in [0.15, 0.2) is 0 Å². The minimum absolute atomic E-state index is 0.510. The lowest BCUT2D eigenvalue weighted by Gasteiger charge is -2.11. The average molecular weight is 378 g/mol. The molecule has 6 heteroatoms. The quantitative estimate of drug-likeness (QED) is 0.544. The standard InChI is InChI=1S/C22H26N4O2/c1-16-5-4-6-18(13-16)15-24-21-14-17(2)25-22(26-21)23-11-12-28-20-9-7-19(27-3)8-10-20/h4-10,13-14H,11-12,15H2,1-3H3,(H2,23,24,25,26). The van der Waals surface area contributed by atoms with Gasteiger partial charge in [0.2, 0.25) is 5.95 Å². The third kappa shape index (κ3) is 5.87. The summed E-state index contributed by atoms with van der Waals surface area (Å²) in [4.78, 5) is 8.97. The molecular weight excluding hydrogens is 352 g/mol. The number of hydrogen-bond acceptors (Lipinski definition) is 6. The van der Waals surface area contributed by atoms with E-state index in [0.717, 1.165) is 29.6 Å². The second kappa shape index (κ2) is 9.60. The Labute approximate surface area is 166 Å². The molecule has 0 unspecified atom stereocenters. The minimum Gasteiger partial charge on any atom is -0.497 e. The van der Waals surface area contributed by atoms with Gasteiger partial charge in [0.1, 0.15) is 23.9 Å². The van der Waals surface area contributed by atoms with Gasteiger partial charge in [-0.05, 0) is 43.7 Å². The van der Waals surface area contributed by atoms with Gasteiger partial charge in [0.25, 0.3) is 0 Å². The van der Waals surface area contributed by atoms with Crippen LogP contribution < -0.4 is 20.1 Å². The molecule has 146 valence electrons. The van der Waals surface area contributed by atoms with Gasteiger partial charge < -0.3 is 20.1 Å². The first-order valence-electron chi connectivity index (χ1n) is 9.28. The first-order chi connectivity index (χ1) is 13.6. The summed E-state index contributed by atoms with van der Waals surface area (Å²) >= 11 is 0. The Hall–Kier alpha value is -3.28. The van der Waals surface area contributed by atoms with Crippen LogP contribution in [0, 0.1) is 13.8 Å². The fourth-order valence-corrected chi connectivity index (χ4v) is 2.76. The highest BCUT2D eigenvalue weighted by molar-refractivity contribution is 5.43. The maximum absolute atomic E-state index is 5.71. The van der Waals surface area contributed by atoms with Crippen molar-refractivity contribution in [1.82, 2.24) is 9.97 Å². The van der Waals surface area contributed by atoms with E-state index in [4.69, 9.17) is 9.47 Å². The lowest BCUT2D eigenvalue weighted by atomic mass is 10.1. The van der Waals surface area contributed by atoms with Gasteiger partial charge in [-0.3, -0.25) is 0 Å². The fraction of sp³-hybridized carbons (Fsp3) is 0.273. The predicted molar refractivity (Wildman–Crippen MR) is 112 cm³/mol. The smallest absolute Gasteiger partial charge is 0.224 e. The van der Waals surface area contributed by atoms with Gasteiger partial charge >= 0.3 is 0 Å². The molecule has 0 aliphatic rings. The zero-order valence-electron chi connectivity index (χ0n) is 16.5. The first-order valence-corrected chi connectivity index (χ1v) is 9.28. The van der Waals surface area contributed by atoms with Crippen molar-refractivity contribution in [3.05, 3.63) is 71.4 Å². The molecule has 2 N–H and O–H groups in total. The lowest BCUT2D eigenvalue weighted by molar-refractivity contribution is 0.331. The van der Waals surface area contributed by atoms with Crippen LogP contribution in [0.5, 0.6) is 11.5 Å². The molecule has 3 rings (SSSR count). The Bertz CT molecular complexity index is 897. The summed E-state index contributed by atoms with van der Waals surface area (Å²) in [5, 5.41) is 6.58. The Morgan fingerprint density at radius 2 is 1.68 bits per heavy atom. The second-order valence-electron chi connectivity index (χ2n) is 6.51. The van der Waals surface area contributed by atoms with E-state index in [0.29, 0.717) is 19.1 Å². The first kappa shape index (κ1) is 19.5. The number of benzene rings is 2. The zero-order valence-corrected chi connectivity index (χ0v) is 16.5. The Morgan fingerprint density at radius 3 is 2.43 bits per heavy atom. The number of methoxy groups -OCH3 is 1. The molecule has 0 radical (unpaired) electrons. The van der Waals surface area contributed by atoms with Crippen molar-refractivity contribution in [3.8, 4) is 11.5 Å². The van der Waals surface area contributed by atoms with Crippen molar-refractivity contribution < 1.29 is 9.47 Å². The van der Waals surface area contributed by atoms with Crippen LogP contribution in [0.2, 0.25) is 0 Å². The molecule has 0 fully saturated rings. The Balaban J connectivity index is 1.49. The number of aryl methyl sites for hydroxylation is 2. The van der Waals surface area contributed by atoms with Crippen LogP contribution in [-0.4, -0.2) is 30.2 Å². The lowest BCUT2D eigenvalue weighted by Crippen LogP contribution is -2.14. The summed E-state index contributed by atoms with van der Waals surface area (Å²) in [6, 6.07) is 17.9. The highest BCUT2D eigenvalue weighted by Gasteiger charge is 2.03. The number of nitrogens with one attached hydrogen (secondary N) is 2. The van der Waals surface area contributed by atoms with Gasteiger partial charge in [0.05, 0.1) is 13.7 Å². The monoisotopic (exact) mass is 378 g/mol. The summed E-state index contributed by atoms with van der Waals surface area (Å²) in [5.41, 5.74) is 3.37. The molecule has 0 atom stereocenters. The normalized spacial score (nSPS) is 10.4. The fourth-order valence-electron chi connectivity index (χ4n) is 2.76. The number of anilines is 2. The minimum atomic E-state index is 0.510. The summed E-state index contributed by atoms with van der Waals surface area (Å²) in [6.45, 7) is 5.88. The largest absolute Gasteiger partial charge is 0.497 e. The molecule has 6 nitrogen and oxygen atoms in total. The molecule has 28 heavy (non-hydrogen) atoms. The summed E-state index contributed by atoms with van der Waals surface area (Å²) in [6.07, 6.45) is 0. The molecule has 0 aliphatic heterocycles. The average Bonchev–Trinajstić information content (AvgIpc) is 2.70. The zero-order chi connectivity index (χ0) is 19.8. The van der Waals surface area contributed by atoms with E-state index in [9.17, 15) is 0 Å².